The van der Waals surface area contributed by atoms with Crippen LogP contribution in [0.3, 0.4) is 0 Å². The lowest BCUT2D eigenvalue weighted by Crippen LogP contribution is -2.36. The van der Waals surface area contributed by atoms with Crippen molar-refractivity contribution in [3.05, 3.63) is 64.7 Å². The molecule has 5 heteroatoms. The Morgan fingerprint density at radius 3 is 2.53 bits per heavy atom. The lowest BCUT2D eigenvalue weighted by molar-refractivity contribution is 0.0525. The molecule has 2 saturated carbocycles. The van der Waals surface area contributed by atoms with E-state index in [1.54, 1.807) is 0 Å². The van der Waals surface area contributed by atoms with Gasteiger partial charge in [-0.3, -0.25) is 0 Å². The number of carbonyl (C=O) groups excluding carboxylic acids is 2. The predicted molar refractivity (Wildman–Crippen MR) is 114 cm³/mol. The molecule has 5 rings (SSSR count). The van der Waals surface area contributed by atoms with Gasteiger partial charge < -0.3 is 14.8 Å². The van der Waals surface area contributed by atoms with Crippen molar-refractivity contribution >= 4 is 17.6 Å². The summed E-state index contributed by atoms with van der Waals surface area (Å²) in [7, 11) is 1.40. The largest absolute Gasteiger partial charge is 0.465 e. The first-order chi connectivity index (χ1) is 14.6. The number of para-hydroxylation sites is 1. The van der Waals surface area contributed by atoms with Crippen molar-refractivity contribution in [3.63, 3.8) is 0 Å². The van der Waals surface area contributed by atoms with E-state index < -0.39 is 0 Å². The Balaban J connectivity index is 1.57. The van der Waals surface area contributed by atoms with E-state index in [9.17, 15) is 9.59 Å². The van der Waals surface area contributed by atoms with Gasteiger partial charge in [0.1, 0.15) is 0 Å². The second kappa shape index (κ2) is 7.46. The average Bonchev–Trinajstić information content (AvgIpc) is 3.40. The minimum absolute atomic E-state index is 0.111. The molecule has 0 saturated heterocycles. The van der Waals surface area contributed by atoms with Crippen molar-refractivity contribution in [3.8, 4) is 0 Å². The van der Waals surface area contributed by atoms with Gasteiger partial charge in [-0.05, 0) is 79.2 Å². The number of carbonyl (C=O) groups is 2. The first kappa shape index (κ1) is 19.2. The summed E-state index contributed by atoms with van der Waals surface area (Å²) < 4.78 is 10.2. The second-order valence-electron chi connectivity index (χ2n) is 8.66. The molecule has 2 aromatic rings. The van der Waals surface area contributed by atoms with E-state index in [1.807, 2.05) is 43.3 Å². The van der Waals surface area contributed by atoms with Crippen LogP contribution in [-0.2, 0) is 9.47 Å². The van der Waals surface area contributed by atoms with Crippen molar-refractivity contribution in [2.24, 2.45) is 17.8 Å². The van der Waals surface area contributed by atoms with E-state index in [2.05, 4.69) is 11.4 Å². The molecule has 30 heavy (non-hydrogen) atoms. The van der Waals surface area contributed by atoms with E-state index in [0.717, 1.165) is 11.3 Å². The number of fused-ring (bicyclic) bond motifs is 7. The molecule has 2 fully saturated rings. The molecule has 5 unspecified atom stereocenters. The van der Waals surface area contributed by atoms with E-state index in [0.29, 0.717) is 41.4 Å². The topological polar surface area (TPSA) is 64.6 Å². The summed E-state index contributed by atoms with van der Waals surface area (Å²) in [6, 6.07) is 13.8. The monoisotopic (exact) mass is 405 g/mol. The van der Waals surface area contributed by atoms with Gasteiger partial charge in [0.15, 0.2) is 0 Å². The number of nitrogens with one attached hydrogen (secondary N) is 1. The Labute approximate surface area is 176 Å². The van der Waals surface area contributed by atoms with Crippen LogP contribution in [0.2, 0.25) is 0 Å². The zero-order chi connectivity index (χ0) is 20.8. The molecule has 1 aliphatic heterocycles. The molecule has 1 heterocycles. The van der Waals surface area contributed by atoms with Gasteiger partial charge in [-0.1, -0.05) is 24.3 Å². The first-order valence-electron chi connectivity index (χ1n) is 10.9. The number of anilines is 1. The number of esters is 2. The highest BCUT2D eigenvalue weighted by atomic mass is 16.5. The lowest BCUT2D eigenvalue weighted by Gasteiger charge is -2.44. The van der Waals surface area contributed by atoms with E-state index in [4.69, 9.17) is 9.47 Å². The molecule has 5 nitrogen and oxygen atoms in total. The summed E-state index contributed by atoms with van der Waals surface area (Å²) in [6.07, 6.45) is 3.80. The third-order valence-corrected chi connectivity index (χ3v) is 7.31. The highest BCUT2D eigenvalue weighted by molar-refractivity contribution is 5.97. The minimum atomic E-state index is -0.328. The minimum Gasteiger partial charge on any atom is -0.465 e. The fourth-order valence-electron chi connectivity index (χ4n) is 6.17. The SMILES string of the molecule is CCOC(=O)c1cccc2c1NC(c1ccc(C(=O)OC)cc1)C1C3CCC(C3)C21. The Morgan fingerprint density at radius 1 is 1.03 bits per heavy atom. The zero-order valence-corrected chi connectivity index (χ0v) is 17.4. The standard InChI is InChI=1S/C25H27NO4/c1-3-30-25(28)19-6-4-5-18-20-16-11-12-17(13-16)21(20)22(26-23(18)19)14-7-9-15(10-8-14)24(27)29-2/h4-10,16-17,20-22,26H,3,11-13H2,1-2H3. The van der Waals surface area contributed by atoms with Crippen molar-refractivity contribution in [1.29, 1.82) is 0 Å². The highest BCUT2D eigenvalue weighted by Gasteiger charge is 2.54. The van der Waals surface area contributed by atoms with Gasteiger partial charge in [0.05, 0.1) is 36.6 Å². The van der Waals surface area contributed by atoms with Gasteiger partial charge in [-0.25, -0.2) is 9.59 Å². The van der Waals surface area contributed by atoms with Crippen molar-refractivity contribution in [1.82, 2.24) is 0 Å². The van der Waals surface area contributed by atoms with E-state index >= 15 is 0 Å². The number of rotatable bonds is 4. The summed E-state index contributed by atoms with van der Waals surface area (Å²) in [6.45, 7) is 2.19. The first-order valence-corrected chi connectivity index (χ1v) is 10.9. The average molecular weight is 405 g/mol. The number of hydrogen-bond donors (Lipinski definition) is 1. The predicted octanol–water partition coefficient (Wildman–Crippen LogP) is 4.95. The van der Waals surface area contributed by atoms with Crippen LogP contribution >= 0.6 is 0 Å². The number of benzene rings is 2. The van der Waals surface area contributed by atoms with Gasteiger partial charge in [0.2, 0.25) is 0 Å². The molecule has 1 N–H and O–H groups in total. The van der Waals surface area contributed by atoms with Crippen LogP contribution in [0.5, 0.6) is 0 Å². The fraction of sp³-hybridized carbons (Fsp3) is 0.440. The summed E-state index contributed by atoms with van der Waals surface area (Å²) in [4.78, 5) is 24.5. The smallest absolute Gasteiger partial charge is 0.340 e. The van der Waals surface area contributed by atoms with Crippen LogP contribution in [0.1, 0.15) is 70.0 Å². The van der Waals surface area contributed by atoms with Crippen LogP contribution in [0, 0.1) is 17.8 Å². The van der Waals surface area contributed by atoms with Crippen molar-refractivity contribution in [2.75, 3.05) is 19.0 Å². The van der Waals surface area contributed by atoms with Gasteiger partial charge in [0.25, 0.3) is 0 Å². The number of hydrogen-bond acceptors (Lipinski definition) is 5. The molecule has 0 spiro atoms. The van der Waals surface area contributed by atoms with Gasteiger partial charge in [-0.15, -0.1) is 0 Å². The van der Waals surface area contributed by atoms with Crippen molar-refractivity contribution in [2.45, 2.75) is 38.1 Å². The maximum absolute atomic E-state index is 12.7. The Bertz CT molecular complexity index is 983. The Morgan fingerprint density at radius 2 is 1.80 bits per heavy atom. The van der Waals surface area contributed by atoms with Crippen LogP contribution in [0.15, 0.2) is 42.5 Å². The molecule has 156 valence electrons. The molecule has 2 aromatic carbocycles. The summed E-state index contributed by atoms with van der Waals surface area (Å²) in [5.41, 5.74) is 4.50. The molecule has 3 aliphatic rings. The van der Waals surface area contributed by atoms with Crippen LogP contribution in [0.25, 0.3) is 0 Å². The quantitative estimate of drug-likeness (QED) is 0.730. The fourth-order valence-corrected chi connectivity index (χ4v) is 6.17. The number of methoxy groups -OCH3 is 1. The maximum atomic E-state index is 12.7. The molecule has 2 bridgehead atoms. The molecule has 5 atom stereocenters. The summed E-state index contributed by atoms with van der Waals surface area (Å²) in [5.74, 6) is 1.72. The van der Waals surface area contributed by atoms with Crippen molar-refractivity contribution < 1.29 is 19.1 Å². The molecule has 0 aromatic heterocycles. The van der Waals surface area contributed by atoms with Crippen LogP contribution in [0.4, 0.5) is 5.69 Å². The number of ether oxygens (including phenoxy) is 2. The molecule has 0 amide bonds. The van der Waals surface area contributed by atoms with Gasteiger partial charge in [-0.2, -0.15) is 0 Å². The van der Waals surface area contributed by atoms with E-state index in [1.165, 1.54) is 31.9 Å². The van der Waals surface area contributed by atoms with Crippen LogP contribution < -0.4 is 5.32 Å². The van der Waals surface area contributed by atoms with E-state index in [-0.39, 0.29) is 18.0 Å². The maximum Gasteiger partial charge on any atom is 0.340 e. The van der Waals surface area contributed by atoms with Gasteiger partial charge >= 0.3 is 11.9 Å². The molecule has 2 aliphatic carbocycles. The lowest BCUT2D eigenvalue weighted by atomic mass is 9.67. The normalized spacial score (nSPS) is 28.3. The zero-order valence-electron chi connectivity index (χ0n) is 17.4. The summed E-state index contributed by atoms with van der Waals surface area (Å²) >= 11 is 0. The Kier molecular flexibility index (Phi) is 4.76. The second-order valence-corrected chi connectivity index (χ2v) is 8.66. The molecular formula is C25H27NO4. The Hall–Kier alpha value is -2.82. The molecular weight excluding hydrogens is 378 g/mol. The summed E-state index contributed by atoms with van der Waals surface area (Å²) in [5, 5.41) is 3.72. The van der Waals surface area contributed by atoms with Gasteiger partial charge in [0, 0.05) is 0 Å². The third-order valence-electron chi connectivity index (χ3n) is 7.31. The molecule has 0 radical (unpaired) electrons. The third kappa shape index (κ3) is 2.91. The van der Waals surface area contributed by atoms with Crippen LogP contribution in [-0.4, -0.2) is 25.7 Å². The highest BCUT2D eigenvalue weighted by Crippen LogP contribution is 2.64.